The normalized spacial score (nSPS) is 12.5. The Morgan fingerprint density at radius 1 is 1.19 bits per heavy atom. The molecular formula is C22H27N3O2. The van der Waals surface area contributed by atoms with Crippen molar-refractivity contribution < 1.29 is 4.79 Å². The fraction of sp³-hybridized carbons (Fsp3) is 0.364. The summed E-state index contributed by atoms with van der Waals surface area (Å²) >= 11 is 0. The smallest absolute Gasteiger partial charge is 0.253 e. The summed E-state index contributed by atoms with van der Waals surface area (Å²) in [4.78, 5) is 27.4. The average Bonchev–Trinajstić information content (AvgIpc) is 2.92. The van der Waals surface area contributed by atoms with Crippen LogP contribution in [0, 0.1) is 20.8 Å². The summed E-state index contributed by atoms with van der Waals surface area (Å²) in [6.45, 7) is 10.5. The van der Waals surface area contributed by atoms with E-state index in [0.29, 0.717) is 18.0 Å². The number of nitrogens with zero attached hydrogens (tertiary/aromatic N) is 1. The fourth-order valence-corrected chi connectivity index (χ4v) is 3.75. The molecule has 5 nitrogen and oxygen atoms in total. The molecule has 0 saturated carbocycles. The van der Waals surface area contributed by atoms with Crippen molar-refractivity contribution in [3.8, 4) is 0 Å². The van der Waals surface area contributed by atoms with Crippen molar-refractivity contribution in [1.29, 1.82) is 0 Å². The first kappa shape index (κ1) is 19.0. The first-order valence-corrected chi connectivity index (χ1v) is 9.35. The summed E-state index contributed by atoms with van der Waals surface area (Å²) in [5.41, 5.74) is 11.7. The maximum Gasteiger partial charge on any atom is 0.253 e. The summed E-state index contributed by atoms with van der Waals surface area (Å²) < 4.78 is 2.05. The molecule has 142 valence electrons. The maximum atomic E-state index is 12.5. The Labute approximate surface area is 159 Å². The molecule has 3 rings (SSSR count). The van der Waals surface area contributed by atoms with Gasteiger partial charge in [0, 0.05) is 33.9 Å². The van der Waals surface area contributed by atoms with E-state index in [1.165, 1.54) is 0 Å². The van der Waals surface area contributed by atoms with E-state index in [1.807, 2.05) is 39.1 Å². The van der Waals surface area contributed by atoms with Crippen LogP contribution in [0.5, 0.6) is 0 Å². The topological polar surface area (TPSA) is 80.9 Å². The number of nitrogens with two attached hydrogens (primary N) is 1. The Hall–Kier alpha value is -2.82. The van der Waals surface area contributed by atoms with Gasteiger partial charge in [0.25, 0.3) is 5.56 Å². The molecule has 2 heterocycles. The SMILES string of the molecule is CC[C@H](C)c1cc(C(N)=O)c2c(C)cn(Cc3c(C)cc(C)[nH]c3=O)c2c1. The number of nitrogens with one attached hydrogen (secondary N) is 1. The second-order valence-electron chi connectivity index (χ2n) is 7.52. The van der Waals surface area contributed by atoms with E-state index >= 15 is 0 Å². The molecule has 1 atom stereocenters. The molecule has 1 aromatic carbocycles. The van der Waals surface area contributed by atoms with Gasteiger partial charge in [0.05, 0.1) is 6.54 Å². The minimum Gasteiger partial charge on any atom is -0.366 e. The van der Waals surface area contributed by atoms with Gasteiger partial charge in [-0.1, -0.05) is 13.8 Å². The molecule has 0 aliphatic heterocycles. The number of benzene rings is 1. The summed E-state index contributed by atoms with van der Waals surface area (Å²) in [6.07, 6.45) is 2.97. The summed E-state index contributed by atoms with van der Waals surface area (Å²) in [7, 11) is 0. The molecule has 5 heteroatoms. The second-order valence-corrected chi connectivity index (χ2v) is 7.52. The quantitative estimate of drug-likeness (QED) is 0.719. The first-order valence-electron chi connectivity index (χ1n) is 9.35. The molecule has 3 N–H and O–H groups in total. The first-order chi connectivity index (χ1) is 12.7. The Balaban J connectivity index is 2.24. The minimum atomic E-state index is -0.421. The Morgan fingerprint density at radius 3 is 2.48 bits per heavy atom. The van der Waals surface area contributed by atoms with Crippen LogP contribution in [-0.4, -0.2) is 15.5 Å². The van der Waals surface area contributed by atoms with Crippen LogP contribution < -0.4 is 11.3 Å². The van der Waals surface area contributed by atoms with Gasteiger partial charge in [0.15, 0.2) is 0 Å². The molecule has 0 aliphatic rings. The number of aryl methyl sites for hydroxylation is 3. The average molecular weight is 365 g/mol. The number of carbonyl (C=O) groups excluding carboxylic acids is 1. The third kappa shape index (κ3) is 3.42. The number of rotatable bonds is 5. The number of hydrogen-bond donors (Lipinski definition) is 2. The monoisotopic (exact) mass is 365 g/mol. The van der Waals surface area contributed by atoms with Gasteiger partial charge in [-0.3, -0.25) is 9.59 Å². The van der Waals surface area contributed by atoms with E-state index in [4.69, 9.17) is 5.73 Å². The molecule has 0 spiro atoms. The highest BCUT2D eigenvalue weighted by Gasteiger charge is 2.18. The van der Waals surface area contributed by atoms with Crippen LogP contribution in [0.2, 0.25) is 0 Å². The van der Waals surface area contributed by atoms with Crippen molar-refractivity contribution in [2.45, 2.75) is 53.5 Å². The van der Waals surface area contributed by atoms with Gasteiger partial charge in [0.1, 0.15) is 0 Å². The van der Waals surface area contributed by atoms with Gasteiger partial charge in [0.2, 0.25) is 5.91 Å². The molecule has 1 amide bonds. The van der Waals surface area contributed by atoms with E-state index in [-0.39, 0.29) is 5.56 Å². The zero-order chi connectivity index (χ0) is 19.9. The lowest BCUT2D eigenvalue weighted by Crippen LogP contribution is -2.18. The predicted octanol–water partition coefficient (Wildman–Crippen LogP) is 3.92. The van der Waals surface area contributed by atoms with E-state index in [9.17, 15) is 9.59 Å². The van der Waals surface area contributed by atoms with Gasteiger partial charge in [-0.15, -0.1) is 0 Å². The zero-order valence-electron chi connectivity index (χ0n) is 16.6. The third-order valence-electron chi connectivity index (χ3n) is 5.46. The number of pyridine rings is 1. The van der Waals surface area contributed by atoms with Gasteiger partial charge < -0.3 is 15.3 Å². The van der Waals surface area contributed by atoms with Crippen LogP contribution in [-0.2, 0) is 6.54 Å². The number of primary amides is 1. The zero-order valence-corrected chi connectivity index (χ0v) is 16.6. The Morgan fingerprint density at radius 2 is 1.89 bits per heavy atom. The van der Waals surface area contributed by atoms with Crippen molar-refractivity contribution in [3.05, 3.63) is 68.3 Å². The van der Waals surface area contributed by atoms with E-state index in [0.717, 1.165) is 45.3 Å². The van der Waals surface area contributed by atoms with Gasteiger partial charge in [-0.2, -0.15) is 0 Å². The lowest BCUT2D eigenvalue weighted by Gasteiger charge is -2.14. The third-order valence-corrected chi connectivity index (χ3v) is 5.46. The summed E-state index contributed by atoms with van der Waals surface area (Å²) in [5, 5.41) is 0.871. The van der Waals surface area contributed by atoms with E-state index in [1.54, 1.807) is 0 Å². The summed E-state index contributed by atoms with van der Waals surface area (Å²) in [6, 6.07) is 6.02. The maximum absolute atomic E-state index is 12.5. The number of fused-ring (bicyclic) bond motifs is 1. The highest BCUT2D eigenvalue weighted by molar-refractivity contribution is 6.07. The van der Waals surface area contributed by atoms with E-state index < -0.39 is 5.91 Å². The van der Waals surface area contributed by atoms with E-state index in [2.05, 4.69) is 29.5 Å². The highest BCUT2D eigenvalue weighted by atomic mass is 16.1. The van der Waals surface area contributed by atoms with Crippen molar-refractivity contribution in [3.63, 3.8) is 0 Å². The molecule has 0 unspecified atom stereocenters. The van der Waals surface area contributed by atoms with Crippen LogP contribution in [0.3, 0.4) is 0 Å². The number of aromatic amines is 1. The predicted molar refractivity (Wildman–Crippen MR) is 110 cm³/mol. The molecule has 0 fully saturated rings. The molecule has 0 radical (unpaired) electrons. The molecule has 3 aromatic rings. The number of aromatic nitrogens is 2. The molecule has 0 bridgehead atoms. The lowest BCUT2D eigenvalue weighted by molar-refractivity contribution is 0.100. The van der Waals surface area contributed by atoms with Gasteiger partial charge >= 0.3 is 0 Å². The molecular weight excluding hydrogens is 338 g/mol. The highest BCUT2D eigenvalue weighted by Crippen LogP contribution is 2.31. The fourth-order valence-electron chi connectivity index (χ4n) is 3.75. The van der Waals surface area contributed by atoms with Crippen molar-refractivity contribution >= 4 is 16.8 Å². The van der Waals surface area contributed by atoms with Gasteiger partial charge in [-0.05, 0) is 68.0 Å². The van der Waals surface area contributed by atoms with Crippen molar-refractivity contribution in [2.24, 2.45) is 5.73 Å². The Kier molecular flexibility index (Phi) is 4.96. The largest absolute Gasteiger partial charge is 0.366 e. The molecule has 2 aromatic heterocycles. The van der Waals surface area contributed by atoms with Crippen molar-refractivity contribution in [2.75, 3.05) is 0 Å². The number of H-pyrrole nitrogens is 1. The number of hydrogen-bond acceptors (Lipinski definition) is 2. The van der Waals surface area contributed by atoms with Crippen LogP contribution in [0.1, 0.15) is 64.5 Å². The molecule has 0 saturated heterocycles. The van der Waals surface area contributed by atoms with Crippen molar-refractivity contribution in [1.82, 2.24) is 9.55 Å². The van der Waals surface area contributed by atoms with Gasteiger partial charge in [-0.25, -0.2) is 0 Å². The second kappa shape index (κ2) is 7.06. The number of carbonyl (C=O) groups is 1. The van der Waals surface area contributed by atoms with Crippen LogP contribution in [0.15, 0.2) is 29.2 Å². The molecule has 0 aliphatic carbocycles. The van der Waals surface area contributed by atoms with Crippen LogP contribution in [0.4, 0.5) is 0 Å². The van der Waals surface area contributed by atoms with Crippen LogP contribution in [0.25, 0.3) is 10.9 Å². The number of amides is 1. The standard InChI is InChI=1S/C22H27N3O2/c1-6-12(2)16-8-17(21(23)26)20-14(4)10-25(19(20)9-16)11-18-13(3)7-15(5)24-22(18)27/h7-10,12H,6,11H2,1-5H3,(H2,23,26)(H,24,27)/t12-/m0/s1. The van der Waals surface area contributed by atoms with Crippen LogP contribution >= 0.6 is 0 Å². The minimum absolute atomic E-state index is 0.0693. The molecule has 27 heavy (non-hydrogen) atoms. The Bertz CT molecular complexity index is 1090. The lowest BCUT2D eigenvalue weighted by atomic mass is 9.94. The summed E-state index contributed by atoms with van der Waals surface area (Å²) in [5.74, 6) is -0.101.